The van der Waals surface area contributed by atoms with Gasteiger partial charge in [0.05, 0.1) is 11.3 Å². The van der Waals surface area contributed by atoms with Gasteiger partial charge in [-0.05, 0) is 29.7 Å². The summed E-state index contributed by atoms with van der Waals surface area (Å²) in [7, 11) is -3.95. The summed E-state index contributed by atoms with van der Waals surface area (Å²) in [5, 5.41) is 3.46. The van der Waals surface area contributed by atoms with Gasteiger partial charge in [0.1, 0.15) is 0 Å². The number of halogens is 3. The topological polar surface area (TPSA) is 89.0 Å². The van der Waals surface area contributed by atoms with E-state index in [1.807, 2.05) is 0 Å². The number of benzene rings is 1. The van der Waals surface area contributed by atoms with E-state index >= 15 is 0 Å². The summed E-state index contributed by atoms with van der Waals surface area (Å²) in [6, 6.07) is 8.21. The molecule has 1 N–H and O–H groups in total. The first-order valence-corrected chi connectivity index (χ1v) is 9.71. The summed E-state index contributed by atoms with van der Waals surface area (Å²) in [4.78, 5) is 19.7. The highest BCUT2D eigenvalue weighted by atomic mass is 32.2. The van der Waals surface area contributed by atoms with E-state index in [1.54, 1.807) is 36.7 Å². The van der Waals surface area contributed by atoms with Crippen LogP contribution in [0.25, 0.3) is 10.8 Å². The first-order valence-electron chi connectivity index (χ1n) is 8.05. The number of nitrogens with zero attached hydrogens (tertiary/aromatic N) is 2. The predicted octanol–water partition coefficient (Wildman–Crippen LogP) is 2.85. The lowest BCUT2D eigenvalue weighted by Crippen LogP contribution is -2.29. The Bertz CT molecular complexity index is 1110. The predicted molar refractivity (Wildman–Crippen MR) is 95.4 cm³/mol. The second-order valence-electron chi connectivity index (χ2n) is 5.86. The minimum Gasteiger partial charge on any atom is -0.351 e. The smallest absolute Gasteiger partial charge is 0.351 e. The summed E-state index contributed by atoms with van der Waals surface area (Å²) in [6.45, 7) is -0.217. The first-order chi connectivity index (χ1) is 13.2. The molecule has 2 aromatic heterocycles. The van der Waals surface area contributed by atoms with Crippen molar-refractivity contribution in [1.29, 1.82) is 0 Å². The summed E-state index contributed by atoms with van der Waals surface area (Å²) in [5.74, 6) is -0.962. The Kier molecular flexibility index (Phi) is 5.32. The zero-order valence-corrected chi connectivity index (χ0v) is 15.1. The number of pyridine rings is 2. The van der Waals surface area contributed by atoms with Crippen molar-refractivity contribution in [2.45, 2.75) is 11.2 Å². The van der Waals surface area contributed by atoms with Crippen molar-refractivity contribution in [1.82, 2.24) is 15.3 Å². The lowest BCUT2D eigenvalue weighted by atomic mass is 10.1. The highest BCUT2D eigenvalue weighted by Crippen LogP contribution is 2.28. The summed E-state index contributed by atoms with van der Waals surface area (Å²) in [5.41, 5.74) is -0.671. The molecule has 3 aromatic rings. The van der Waals surface area contributed by atoms with Crippen LogP contribution in [0, 0.1) is 0 Å². The Hall–Kier alpha value is -3.01. The molecule has 146 valence electrons. The van der Waals surface area contributed by atoms with Crippen LogP contribution in [-0.2, 0) is 16.0 Å². The van der Waals surface area contributed by atoms with Crippen molar-refractivity contribution in [3.63, 3.8) is 0 Å². The van der Waals surface area contributed by atoms with Gasteiger partial charge >= 0.3 is 6.18 Å². The molecule has 0 saturated heterocycles. The molecule has 0 aliphatic carbocycles. The number of nitrogens with one attached hydrogen (secondary N) is 1. The monoisotopic (exact) mass is 409 g/mol. The maximum absolute atomic E-state index is 12.5. The van der Waals surface area contributed by atoms with Gasteiger partial charge in [-0.1, -0.05) is 12.1 Å². The third-order valence-corrected chi connectivity index (χ3v) is 5.58. The van der Waals surface area contributed by atoms with Crippen LogP contribution in [0.2, 0.25) is 0 Å². The van der Waals surface area contributed by atoms with E-state index in [0.717, 1.165) is 11.5 Å². The molecule has 0 bridgehead atoms. The molecule has 0 saturated carbocycles. The Labute approximate surface area is 158 Å². The second-order valence-corrected chi connectivity index (χ2v) is 7.92. The number of alkyl halides is 3. The van der Waals surface area contributed by atoms with Crippen LogP contribution in [0.4, 0.5) is 13.2 Å². The van der Waals surface area contributed by atoms with Gasteiger partial charge in [0.15, 0.2) is 14.9 Å². The second kappa shape index (κ2) is 7.55. The molecule has 0 fully saturated rings. The van der Waals surface area contributed by atoms with Crippen LogP contribution in [0.15, 0.2) is 60.0 Å². The average molecular weight is 409 g/mol. The largest absolute Gasteiger partial charge is 0.417 e. The molecule has 0 unspecified atom stereocenters. The summed E-state index contributed by atoms with van der Waals surface area (Å²) in [6.07, 6.45) is -0.987. The number of carbonyl (C=O) groups is 1. The molecule has 0 aliphatic rings. The van der Waals surface area contributed by atoms with Gasteiger partial charge in [0.25, 0.3) is 5.91 Å². The van der Waals surface area contributed by atoms with E-state index < -0.39 is 38.3 Å². The number of sulfone groups is 1. The third-order valence-electron chi connectivity index (χ3n) is 3.96. The van der Waals surface area contributed by atoms with Crippen LogP contribution < -0.4 is 5.32 Å². The fourth-order valence-corrected chi connectivity index (χ4v) is 3.62. The van der Waals surface area contributed by atoms with Crippen LogP contribution in [0.1, 0.15) is 15.9 Å². The Morgan fingerprint density at radius 2 is 1.86 bits per heavy atom. The Morgan fingerprint density at radius 1 is 1.07 bits per heavy atom. The Balaban J connectivity index is 1.67. The van der Waals surface area contributed by atoms with Gasteiger partial charge in [-0.25, -0.2) is 13.4 Å². The highest BCUT2D eigenvalue weighted by molar-refractivity contribution is 7.91. The zero-order chi connectivity index (χ0) is 20.4. The molecule has 1 aromatic carbocycles. The zero-order valence-electron chi connectivity index (χ0n) is 14.3. The third kappa shape index (κ3) is 4.28. The fraction of sp³-hybridized carbons (Fsp3) is 0.167. The van der Waals surface area contributed by atoms with E-state index in [-0.39, 0.29) is 6.54 Å². The first kappa shape index (κ1) is 19.7. The molecular weight excluding hydrogens is 395 g/mol. The number of rotatable bonds is 5. The number of aromatic nitrogens is 2. The Morgan fingerprint density at radius 3 is 2.54 bits per heavy atom. The standard InChI is InChI=1S/C18H14F3N3O3S/c19-18(20,21)13-4-5-16(24-11-13)28(26,27)9-8-23-17(25)15-3-1-2-12-10-22-7-6-14(12)15/h1-7,10-11H,8-9H2,(H,23,25). The van der Waals surface area contributed by atoms with E-state index in [2.05, 4.69) is 15.3 Å². The normalized spacial score (nSPS) is 12.1. The van der Waals surface area contributed by atoms with Crippen LogP contribution in [0.3, 0.4) is 0 Å². The molecule has 0 spiro atoms. The van der Waals surface area contributed by atoms with Gasteiger partial charge in [-0.3, -0.25) is 9.78 Å². The van der Waals surface area contributed by atoms with Crippen LogP contribution in [0.5, 0.6) is 0 Å². The molecule has 2 heterocycles. The van der Waals surface area contributed by atoms with Crippen molar-refractivity contribution in [2.24, 2.45) is 0 Å². The molecule has 0 aliphatic heterocycles. The molecule has 0 atom stereocenters. The molecule has 10 heteroatoms. The van der Waals surface area contributed by atoms with Crippen LogP contribution in [-0.4, -0.2) is 36.6 Å². The van der Waals surface area contributed by atoms with Crippen molar-refractivity contribution in [3.05, 3.63) is 66.1 Å². The van der Waals surface area contributed by atoms with E-state index in [9.17, 15) is 26.4 Å². The lowest BCUT2D eigenvalue weighted by molar-refractivity contribution is -0.137. The summed E-state index contributed by atoms with van der Waals surface area (Å²) >= 11 is 0. The number of carbonyl (C=O) groups excluding carboxylic acids is 1. The van der Waals surface area contributed by atoms with Crippen molar-refractivity contribution < 1.29 is 26.4 Å². The minimum atomic E-state index is -4.60. The van der Waals surface area contributed by atoms with Gasteiger partial charge < -0.3 is 5.32 Å². The van der Waals surface area contributed by atoms with Gasteiger partial charge in [0.2, 0.25) is 0 Å². The number of hydrogen-bond acceptors (Lipinski definition) is 5. The molecule has 28 heavy (non-hydrogen) atoms. The SMILES string of the molecule is O=C(NCCS(=O)(=O)c1ccc(C(F)(F)F)cn1)c1cccc2cnccc12. The molecule has 6 nitrogen and oxygen atoms in total. The van der Waals surface area contributed by atoms with E-state index in [4.69, 9.17) is 0 Å². The highest BCUT2D eigenvalue weighted by Gasteiger charge is 2.31. The number of amides is 1. The van der Waals surface area contributed by atoms with Crippen molar-refractivity contribution in [3.8, 4) is 0 Å². The maximum atomic E-state index is 12.5. The molecule has 3 rings (SSSR count). The molecule has 0 radical (unpaired) electrons. The maximum Gasteiger partial charge on any atom is 0.417 e. The van der Waals surface area contributed by atoms with Crippen molar-refractivity contribution in [2.75, 3.05) is 12.3 Å². The van der Waals surface area contributed by atoms with E-state index in [1.165, 1.54) is 0 Å². The minimum absolute atomic E-state index is 0.217. The molecule has 1 amide bonds. The van der Waals surface area contributed by atoms with E-state index in [0.29, 0.717) is 23.2 Å². The van der Waals surface area contributed by atoms with Gasteiger partial charge in [-0.15, -0.1) is 0 Å². The van der Waals surface area contributed by atoms with Crippen molar-refractivity contribution >= 4 is 26.5 Å². The number of hydrogen-bond donors (Lipinski definition) is 1. The van der Waals surface area contributed by atoms with Gasteiger partial charge in [-0.2, -0.15) is 13.2 Å². The quantitative estimate of drug-likeness (QED) is 0.700. The number of fused-ring (bicyclic) bond motifs is 1. The molecular formula is C18H14F3N3O3S. The van der Waals surface area contributed by atoms with Gasteiger partial charge in [0, 0.05) is 36.1 Å². The van der Waals surface area contributed by atoms with Crippen LogP contribution >= 0.6 is 0 Å². The summed E-state index contributed by atoms with van der Waals surface area (Å²) < 4.78 is 62.1. The lowest BCUT2D eigenvalue weighted by Gasteiger charge is -2.09. The fourth-order valence-electron chi connectivity index (χ4n) is 2.55. The average Bonchev–Trinajstić information content (AvgIpc) is 2.66.